The van der Waals surface area contributed by atoms with E-state index >= 15 is 0 Å². The zero-order chi connectivity index (χ0) is 20.2. The van der Waals surface area contributed by atoms with Crippen molar-refractivity contribution in [1.29, 1.82) is 5.26 Å². The molecular formula is C20H14N6O3. The first kappa shape index (κ1) is 18.1. The maximum absolute atomic E-state index is 10.8. The summed E-state index contributed by atoms with van der Waals surface area (Å²) >= 11 is 0. The third-order valence-corrected chi connectivity index (χ3v) is 4.28. The number of hydrogen-bond acceptors (Lipinski definition) is 7. The lowest BCUT2D eigenvalue weighted by Gasteiger charge is -1.99. The Bertz CT molecular complexity index is 1190. The Morgan fingerprint density at radius 3 is 2.52 bits per heavy atom. The molecule has 0 amide bonds. The Hall–Kier alpha value is -4.32. The van der Waals surface area contributed by atoms with Crippen molar-refractivity contribution in [1.82, 2.24) is 20.0 Å². The van der Waals surface area contributed by atoms with Crippen LogP contribution in [0.15, 0.2) is 65.2 Å². The molecule has 0 saturated heterocycles. The average Bonchev–Trinajstić information content (AvgIpc) is 3.40. The topological polar surface area (TPSA) is 124 Å². The zero-order valence-electron chi connectivity index (χ0n) is 15.1. The molecule has 0 radical (unpaired) electrons. The Labute approximate surface area is 165 Å². The number of non-ortho nitro benzene ring substituents is 1. The van der Waals surface area contributed by atoms with E-state index in [2.05, 4.69) is 21.4 Å². The lowest BCUT2D eigenvalue weighted by Crippen LogP contribution is -2.02. The predicted molar refractivity (Wildman–Crippen MR) is 102 cm³/mol. The van der Waals surface area contributed by atoms with Gasteiger partial charge in [0.05, 0.1) is 10.5 Å². The minimum Gasteiger partial charge on any atom is -0.421 e. The molecule has 0 saturated carbocycles. The van der Waals surface area contributed by atoms with E-state index in [0.717, 1.165) is 5.56 Å². The van der Waals surface area contributed by atoms with Gasteiger partial charge in [-0.3, -0.25) is 14.8 Å². The fraction of sp³-hybridized carbons (Fsp3) is 0.100. The van der Waals surface area contributed by atoms with Gasteiger partial charge >= 0.3 is 0 Å². The van der Waals surface area contributed by atoms with E-state index in [1.54, 1.807) is 23.0 Å². The van der Waals surface area contributed by atoms with Crippen molar-refractivity contribution in [3.05, 3.63) is 82.4 Å². The van der Waals surface area contributed by atoms with Crippen LogP contribution in [0, 0.1) is 21.4 Å². The van der Waals surface area contributed by atoms with Crippen LogP contribution in [-0.4, -0.2) is 24.9 Å². The molecule has 0 atom stereocenters. The highest BCUT2D eigenvalue weighted by Crippen LogP contribution is 2.24. The maximum Gasteiger partial charge on any atom is 0.269 e. The smallest absolute Gasteiger partial charge is 0.269 e. The minimum atomic E-state index is -0.471. The molecule has 0 unspecified atom stereocenters. The molecule has 0 bridgehead atoms. The lowest BCUT2D eigenvalue weighted by atomic mass is 10.1. The summed E-state index contributed by atoms with van der Waals surface area (Å²) in [6.45, 7) is 0.443. The van der Waals surface area contributed by atoms with Crippen molar-refractivity contribution in [2.24, 2.45) is 0 Å². The Balaban J connectivity index is 1.50. The van der Waals surface area contributed by atoms with Crippen LogP contribution >= 0.6 is 0 Å². The van der Waals surface area contributed by atoms with Gasteiger partial charge in [0, 0.05) is 42.4 Å². The Morgan fingerprint density at radius 2 is 1.83 bits per heavy atom. The normalized spacial score (nSPS) is 10.6. The molecule has 2 aromatic carbocycles. The number of nitriles is 1. The first-order valence-corrected chi connectivity index (χ1v) is 8.74. The molecule has 0 aliphatic carbocycles. The molecule has 2 aromatic heterocycles. The number of benzene rings is 2. The fourth-order valence-corrected chi connectivity index (χ4v) is 2.83. The molecule has 0 N–H and O–H groups in total. The molecule has 4 rings (SSSR count). The summed E-state index contributed by atoms with van der Waals surface area (Å²) in [5.41, 5.74) is 2.32. The Morgan fingerprint density at radius 1 is 1.07 bits per heavy atom. The number of aromatic nitrogens is 4. The van der Waals surface area contributed by atoms with E-state index < -0.39 is 4.92 Å². The average molecular weight is 386 g/mol. The first-order valence-electron chi connectivity index (χ1n) is 8.74. The molecule has 9 nitrogen and oxygen atoms in total. The van der Waals surface area contributed by atoms with Crippen molar-refractivity contribution < 1.29 is 9.34 Å². The molecule has 0 aliphatic heterocycles. The summed E-state index contributed by atoms with van der Waals surface area (Å²) in [6, 6.07) is 17.5. The van der Waals surface area contributed by atoms with E-state index in [0.29, 0.717) is 41.6 Å². The summed E-state index contributed by atoms with van der Waals surface area (Å²) < 4.78 is 7.31. The summed E-state index contributed by atoms with van der Waals surface area (Å²) in [6.07, 6.45) is 2.08. The highest BCUT2D eigenvalue weighted by Gasteiger charge is 2.14. The van der Waals surface area contributed by atoms with E-state index in [1.165, 1.54) is 12.1 Å². The van der Waals surface area contributed by atoms with Crippen molar-refractivity contribution in [2.75, 3.05) is 0 Å². The van der Waals surface area contributed by atoms with E-state index in [1.807, 2.05) is 30.3 Å². The highest BCUT2D eigenvalue weighted by molar-refractivity contribution is 5.67. The summed E-state index contributed by atoms with van der Waals surface area (Å²) in [5.74, 6) is 0.917. The molecule has 9 heteroatoms. The van der Waals surface area contributed by atoms with Crippen LogP contribution in [0.1, 0.15) is 11.5 Å². The van der Waals surface area contributed by atoms with E-state index in [-0.39, 0.29) is 5.69 Å². The molecule has 142 valence electrons. The molecular weight excluding hydrogens is 372 g/mol. The predicted octanol–water partition coefficient (Wildman–Crippen LogP) is 3.62. The van der Waals surface area contributed by atoms with Gasteiger partial charge in [0.15, 0.2) is 0 Å². The summed E-state index contributed by atoms with van der Waals surface area (Å²) in [4.78, 5) is 10.3. The lowest BCUT2D eigenvalue weighted by molar-refractivity contribution is -0.384. The molecule has 29 heavy (non-hydrogen) atoms. The van der Waals surface area contributed by atoms with Gasteiger partial charge in [0.2, 0.25) is 11.8 Å². The van der Waals surface area contributed by atoms with Crippen molar-refractivity contribution >= 4 is 5.69 Å². The first-order chi connectivity index (χ1) is 14.1. The van der Waals surface area contributed by atoms with Crippen LogP contribution in [0.3, 0.4) is 0 Å². The van der Waals surface area contributed by atoms with Gasteiger partial charge in [-0.15, -0.1) is 10.2 Å². The van der Waals surface area contributed by atoms with Gasteiger partial charge in [-0.2, -0.15) is 10.4 Å². The largest absolute Gasteiger partial charge is 0.421 e. The van der Waals surface area contributed by atoms with Gasteiger partial charge in [-0.25, -0.2) is 0 Å². The SMILES string of the molecule is N#Cc1cn(CCc2nnc(-c3ccccc3)o2)nc1-c1ccc([N+](=O)[O-])cc1. The second-order valence-corrected chi connectivity index (χ2v) is 6.19. The quantitative estimate of drug-likeness (QED) is 0.366. The standard InChI is InChI=1S/C20H14N6O3/c21-12-16-13-25(24-19(16)14-6-8-17(9-7-14)26(27)28)11-10-18-22-23-20(29-18)15-4-2-1-3-5-15/h1-9,13H,10-11H2. The second-order valence-electron chi connectivity index (χ2n) is 6.19. The summed E-state index contributed by atoms with van der Waals surface area (Å²) in [7, 11) is 0. The minimum absolute atomic E-state index is 0.0164. The van der Waals surface area contributed by atoms with Gasteiger partial charge < -0.3 is 4.42 Å². The molecule has 0 aliphatic rings. The van der Waals surface area contributed by atoms with Gasteiger partial charge in [-0.1, -0.05) is 18.2 Å². The number of rotatable bonds is 6. The van der Waals surface area contributed by atoms with Crippen molar-refractivity contribution in [3.8, 4) is 28.8 Å². The molecule has 4 aromatic rings. The number of hydrogen-bond donors (Lipinski definition) is 0. The van der Waals surface area contributed by atoms with E-state index in [9.17, 15) is 15.4 Å². The van der Waals surface area contributed by atoms with Crippen molar-refractivity contribution in [3.63, 3.8) is 0 Å². The van der Waals surface area contributed by atoms with Gasteiger partial charge in [-0.05, 0) is 24.3 Å². The second kappa shape index (κ2) is 7.74. The monoisotopic (exact) mass is 386 g/mol. The highest BCUT2D eigenvalue weighted by atomic mass is 16.6. The number of aryl methyl sites for hydroxylation is 2. The van der Waals surface area contributed by atoms with Crippen molar-refractivity contribution in [2.45, 2.75) is 13.0 Å². The van der Waals surface area contributed by atoms with Crippen LogP contribution in [0.4, 0.5) is 5.69 Å². The van der Waals surface area contributed by atoms with Crippen LogP contribution in [0.2, 0.25) is 0 Å². The third-order valence-electron chi connectivity index (χ3n) is 4.28. The third kappa shape index (κ3) is 3.86. The zero-order valence-corrected chi connectivity index (χ0v) is 15.1. The number of nitro groups is 1. The molecule has 0 spiro atoms. The van der Waals surface area contributed by atoms with E-state index in [4.69, 9.17) is 4.42 Å². The van der Waals surface area contributed by atoms with Crippen LogP contribution < -0.4 is 0 Å². The van der Waals surface area contributed by atoms with Gasteiger partial charge in [0.25, 0.3) is 5.69 Å². The fourth-order valence-electron chi connectivity index (χ4n) is 2.83. The number of nitro benzene ring substituents is 1. The molecule has 2 heterocycles. The van der Waals surface area contributed by atoms with Gasteiger partial charge in [0.1, 0.15) is 11.8 Å². The Kier molecular flexibility index (Phi) is 4.82. The molecule has 0 fully saturated rings. The number of nitrogens with zero attached hydrogens (tertiary/aromatic N) is 6. The maximum atomic E-state index is 10.8. The van der Waals surface area contributed by atoms with Crippen LogP contribution in [-0.2, 0) is 13.0 Å². The summed E-state index contributed by atoms with van der Waals surface area (Å²) in [5, 5.41) is 32.7. The van der Waals surface area contributed by atoms with Crippen LogP contribution in [0.5, 0.6) is 0 Å². The van der Waals surface area contributed by atoms with Crippen LogP contribution in [0.25, 0.3) is 22.7 Å².